The van der Waals surface area contributed by atoms with Crippen molar-refractivity contribution in [1.82, 2.24) is 0 Å². The van der Waals surface area contributed by atoms with E-state index >= 15 is 0 Å². The molecule has 0 saturated heterocycles. The fourth-order valence-corrected chi connectivity index (χ4v) is 7.40. The van der Waals surface area contributed by atoms with Gasteiger partial charge in [-0.3, -0.25) is 0 Å². The van der Waals surface area contributed by atoms with Crippen LogP contribution in [0.4, 0.5) is 17.1 Å². The molecule has 0 fully saturated rings. The molecule has 0 unspecified atom stereocenters. The molecule has 0 saturated carbocycles. The summed E-state index contributed by atoms with van der Waals surface area (Å²) in [6, 6.07) is 66.1. The Labute approximate surface area is 295 Å². The minimum absolute atomic E-state index is 0.849. The van der Waals surface area contributed by atoms with E-state index < -0.39 is 0 Å². The smallest absolute Gasteiger partial charge is 0.159 e. The summed E-state index contributed by atoms with van der Waals surface area (Å²) >= 11 is 0. The Morgan fingerprint density at radius 3 is 1.57 bits per heavy atom. The predicted molar refractivity (Wildman–Crippen MR) is 212 cm³/mol. The summed E-state index contributed by atoms with van der Waals surface area (Å²) in [7, 11) is 0. The van der Waals surface area contributed by atoms with E-state index in [1.807, 2.05) is 18.2 Å². The highest BCUT2D eigenvalue weighted by Gasteiger charge is 2.21. The van der Waals surface area contributed by atoms with Crippen molar-refractivity contribution in [3.05, 3.63) is 188 Å². The van der Waals surface area contributed by atoms with E-state index in [0.717, 1.165) is 83.2 Å². The second-order valence-electron chi connectivity index (χ2n) is 12.9. The highest BCUT2D eigenvalue weighted by molar-refractivity contribution is 6.13. The first-order chi connectivity index (χ1) is 25.3. The molecule has 10 rings (SSSR count). The normalized spacial score (nSPS) is 11.5. The monoisotopic (exact) mass is 653 g/mol. The Morgan fingerprint density at radius 1 is 0.314 bits per heavy atom. The van der Waals surface area contributed by atoms with Crippen LogP contribution in [-0.4, -0.2) is 0 Å². The second-order valence-corrected chi connectivity index (χ2v) is 12.9. The Kier molecular flexibility index (Phi) is 6.81. The largest absolute Gasteiger partial charge is 0.456 e. The molecule has 0 amide bonds. The number of hydrogen-bond acceptors (Lipinski definition) is 3. The molecular formula is C48H31NO2. The first-order valence-corrected chi connectivity index (χ1v) is 17.3. The highest BCUT2D eigenvalue weighted by atomic mass is 16.3. The van der Waals surface area contributed by atoms with Gasteiger partial charge in [0, 0.05) is 38.5 Å². The molecule has 0 atom stereocenters. The maximum Gasteiger partial charge on any atom is 0.159 e. The second kappa shape index (κ2) is 11.9. The number of furan rings is 2. The van der Waals surface area contributed by atoms with Crippen LogP contribution in [0.25, 0.3) is 77.3 Å². The summed E-state index contributed by atoms with van der Waals surface area (Å²) in [5.41, 5.74) is 13.4. The molecule has 3 nitrogen and oxygen atoms in total. The summed E-state index contributed by atoms with van der Waals surface area (Å²) in [6.07, 6.45) is 0. The van der Waals surface area contributed by atoms with Crippen LogP contribution in [0.5, 0.6) is 0 Å². The van der Waals surface area contributed by atoms with Crippen molar-refractivity contribution in [3.63, 3.8) is 0 Å². The van der Waals surface area contributed by atoms with Crippen molar-refractivity contribution in [2.24, 2.45) is 0 Å². The van der Waals surface area contributed by atoms with Gasteiger partial charge in [-0.15, -0.1) is 0 Å². The lowest BCUT2D eigenvalue weighted by Crippen LogP contribution is -2.10. The minimum Gasteiger partial charge on any atom is -0.456 e. The van der Waals surface area contributed by atoms with E-state index in [1.165, 1.54) is 11.1 Å². The van der Waals surface area contributed by atoms with Gasteiger partial charge in [0.05, 0.1) is 5.69 Å². The van der Waals surface area contributed by atoms with Crippen molar-refractivity contribution in [2.75, 3.05) is 4.90 Å². The summed E-state index contributed by atoms with van der Waals surface area (Å²) in [6.45, 7) is 0. The van der Waals surface area contributed by atoms with Crippen molar-refractivity contribution < 1.29 is 8.83 Å². The van der Waals surface area contributed by atoms with Crippen LogP contribution in [0.3, 0.4) is 0 Å². The van der Waals surface area contributed by atoms with Gasteiger partial charge in [0.1, 0.15) is 16.7 Å². The van der Waals surface area contributed by atoms with Crippen LogP contribution in [0, 0.1) is 0 Å². The van der Waals surface area contributed by atoms with E-state index in [2.05, 4.69) is 175 Å². The molecule has 0 bridgehead atoms. The molecule has 0 radical (unpaired) electrons. The fraction of sp³-hybridized carbons (Fsp3) is 0. The van der Waals surface area contributed by atoms with Crippen molar-refractivity contribution in [2.45, 2.75) is 0 Å². The molecule has 0 aliphatic carbocycles. The zero-order chi connectivity index (χ0) is 33.7. The van der Waals surface area contributed by atoms with Crippen LogP contribution in [0.1, 0.15) is 0 Å². The number of anilines is 3. The van der Waals surface area contributed by atoms with E-state index in [4.69, 9.17) is 8.83 Å². The maximum absolute atomic E-state index is 6.89. The summed E-state index contributed by atoms with van der Waals surface area (Å²) in [5, 5.41) is 4.45. The molecule has 8 aromatic carbocycles. The van der Waals surface area contributed by atoms with Crippen LogP contribution >= 0.6 is 0 Å². The number of nitrogens with zero attached hydrogens (tertiary/aromatic N) is 1. The quantitative estimate of drug-likeness (QED) is 0.179. The standard InChI is InChI=1S/C48H31NO2/c1-3-11-32(12-4-1)33-21-26-37(27-22-33)49(38-28-23-34(24-29-38)36-25-30-41-40-15-7-8-20-45(40)50-46(41)31-36)44-19-10-18-43-42-17-9-16-39(47(42)51-48(43)44)35-13-5-2-6-14-35/h1-31H. The first-order valence-electron chi connectivity index (χ1n) is 17.3. The third kappa shape index (κ3) is 4.98. The van der Waals surface area contributed by atoms with Gasteiger partial charge in [0.25, 0.3) is 0 Å². The highest BCUT2D eigenvalue weighted by Crippen LogP contribution is 2.44. The zero-order valence-corrected chi connectivity index (χ0v) is 27.7. The molecule has 0 spiro atoms. The molecule has 0 aliphatic rings. The summed E-state index contributed by atoms with van der Waals surface area (Å²) in [4.78, 5) is 2.30. The molecule has 2 aromatic heterocycles. The number of para-hydroxylation sites is 3. The van der Waals surface area contributed by atoms with E-state index in [-0.39, 0.29) is 0 Å². The topological polar surface area (TPSA) is 29.5 Å². The van der Waals surface area contributed by atoms with Gasteiger partial charge >= 0.3 is 0 Å². The lowest BCUT2D eigenvalue weighted by atomic mass is 10.0. The Bertz CT molecular complexity index is 2830. The van der Waals surface area contributed by atoms with Crippen LogP contribution in [0.2, 0.25) is 0 Å². The van der Waals surface area contributed by atoms with Crippen LogP contribution in [0.15, 0.2) is 197 Å². The summed E-state index contributed by atoms with van der Waals surface area (Å²) < 4.78 is 13.1. The minimum atomic E-state index is 0.849. The third-order valence-electron chi connectivity index (χ3n) is 9.90. The first kappa shape index (κ1) is 29.1. The Balaban J connectivity index is 1.11. The van der Waals surface area contributed by atoms with E-state index in [1.54, 1.807) is 0 Å². The zero-order valence-electron chi connectivity index (χ0n) is 27.7. The molecule has 10 aromatic rings. The number of rotatable bonds is 6. The average molecular weight is 654 g/mol. The average Bonchev–Trinajstić information content (AvgIpc) is 3.78. The Morgan fingerprint density at radius 2 is 0.843 bits per heavy atom. The van der Waals surface area contributed by atoms with Gasteiger partial charge in [-0.2, -0.15) is 0 Å². The third-order valence-corrected chi connectivity index (χ3v) is 9.90. The van der Waals surface area contributed by atoms with Crippen molar-refractivity contribution in [3.8, 4) is 33.4 Å². The number of benzene rings is 8. The van der Waals surface area contributed by atoms with Gasteiger partial charge in [-0.25, -0.2) is 0 Å². The summed E-state index contributed by atoms with van der Waals surface area (Å²) in [5.74, 6) is 0. The van der Waals surface area contributed by atoms with Gasteiger partial charge in [-0.05, 0) is 76.3 Å². The van der Waals surface area contributed by atoms with Gasteiger partial charge in [0.2, 0.25) is 0 Å². The fourth-order valence-electron chi connectivity index (χ4n) is 7.40. The predicted octanol–water partition coefficient (Wildman–Crippen LogP) is 14.0. The molecule has 0 aliphatic heterocycles. The molecule has 240 valence electrons. The van der Waals surface area contributed by atoms with Gasteiger partial charge in [0.15, 0.2) is 5.58 Å². The Hall–Kier alpha value is -6.84. The molecular weight excluding hydrogens is 623 g/mol. The number of fused-ring (bicyclic) bond motifs is 6. The van der Waals surface area contributed by atoms with Crippen molar-refractivity contribution in [1.29, 1.82) is 0 Å². The van der Waals surface area contributed by atoms with Crippen LogP contribution in [-0.2, 0) is 0 Å². The maximum atomic E-state index is 6.89. The lowest BCUT2D eigenvalue weighted by Gasteiger charge is -2.26. The lowest BCUT2D eigenvalue weighted by molar-refractivity contribution is 0.669. The SMILES string of the molecule is c1ccc(-c2ccc(N(c3ccc(-c4ccc5c(c4)oc4ccccc45)cc3)c3cccc4c3oc3c(-c5ccccc5)cccc34)cc2)cc1. The van der Waals surface area contributed by atoms with Gasteiger partial charge < -0.3 is 13.7 Å². The molecule has 3 heteroatoms. The van der Waals surface area contributed by atoms with Crippen LogP contribution < -0.4 is 4.90 Å². The number of hydrogen-bond donors (Lipinski definition) is 0. The molecule has 51 heavy (non-hydrogen) atoms. The van der Waals surface area contributed by atoms with E-state index in [9.17, 15) is 0 Å². The molecule has 0 N–H and O–H groups in total. The molecule has 2 heterocycles. The van der Waals surface area contributed by atoms with Crippen molar-refractivity contribution >= 4 is 60.9 Å². The van der Waals surface area contributed by atoms with Gasteiger partial charge in [-0.1, -0.05) is 140 Å². The van der Waals surface area contributed by atoms with E-state index in [0.29, 0.717) is 0 Å².